The second-order valence-corrected chi connectivity index (χ2v) is 6.91. The number of carbonyl (C=O) groups is 2. The van der Waals surface area contributed by atoms with Crippen LogP contribution in [0.2, 0.25) is 0 Å². The van der Waals surface area contributed by atoms with Crippen LogP contribution < -0.4 is 5.32 Å². The van der Waals surface area contributed by atoms with Crippen molar-refractivity contribution in [3.05, 3.63) is 11.8 Å². The van der Waals surface area contributed by atoms with Crippen LogP contribution in [0.5, 0.6) is 0 Å². The SMILES string of the molecule is CN1CCC(N(C)C(=O)/C(C#N)=C\NCCCN2CCCC2=O)CC1. The van der Waals surface area contributed by atoms with Crippen molar-refractivity contribution in [2.75, 3.05) is 46.8 Å². The zero-order chi connectivity index (χ0) is 18.2. The Labute approximate surface area is 150 Å². The lowest BCUT2D eigenvalue weighted by Crippen LogP contribution is -2.45. The van der Waals surface area contributed by atoms with E-state index in [9.17, 15) is 14.9 Å². The molecule has 2 fully saturated rings. The average Bonchev–Trinajstić information content (AvgIpc) is 3.02. The number of amides is 2. The Morgan fingerprint density at radius 1 is 1.40 bits per heavy atom. The quantitative estimate of drug-likeness (QED) is 0.413. The fourth-order valence-corrected chi connectivity index (χ4v) is 3.37. The van der Waals surface area contributed by atoms with Gasteiger partial charge in [0, 0.05) is 45.3 Å². The molecule has 2 rings (SSSR count). The maximum absolute atomic E-state index is 12.5. The van der Waals surface area contributed by atoms with Crippen molar-refractivity contribution in [3.63, 3.8) is 0 Å². The van der Waals surface area contributed by atoms with Gasteiger partial charge in [0.05, 0.1) is 0 Å². The second kappa shape index (κ2) is 9.42. The number of nitrogens with one attached hydrogen (secondary N) is 1. The Kier molecular flexibility index (Phi) is 7.26. The van der Waals surface area contributed by atoms with Crippen LogP contribution in [-0.4, -0.2) is 79.4 Å². The first-order valence-corrected chi connectivity index (χ1v) is 9.10. The lowest BCUT2D eigenvalue weighted by atomic mass is 10.0. The van der Waals surface area contributed by atoms with E-state index in [4.69, 9.17) is 0 Å². The van der Waals surface area contributed by atoms with Crippen LogP contribution in [0.15, 0.2) is 11.8 Å². The highest BCUT2D eigenvalue weighted by Gasteiger charge is 2.26. The molecule has 0 saturated carbocycles. The van der Waals surface area contributed by atoms with Crippen LogP contribution in [-0.2, 0) is 9.59 Å². The standard InChI is InChI=1S/C18H29N5O2/c1-21-11-6-16(7-12-21)22(2)18(25)15(13-19)14-20-8-4-10-23-9-3-5-17(23)24/h14,16,20H,3-12H2,1-2H3/b15-14-. The molecule has 2 saturated heterocycles. The maximum atomic E-state index is 12.5. The normalized spacial score (nSPS) is 19.8. The van der Waals surface area contributed by atoms with E-state index >= 15 is 0 Å². The van der Waals surface area contributed by atoms with Gasteiger partial charge in [0.2, 0.25) is 5.91 Å². The Morgan fingerprint density at radius 3 is 2.72 bits per heavy atom. The molecule has 0 unspecified atom stereocenters. The molecule has 2 aliphatic heterocycles. The highest BCUT2D eigenvalue weighted by Crippen LogP contribution is 2.16. The van der Waals surface area contributed by atoms with Gasteiger partial charge in [-0.15, -0.1) is 0 Å². The summed E-state index contributed by atoms with van der Waals surface area (Å²) in [5.41, 5.74) is 0.138. The topological polar surface area (TPSA) is 79.7 Å². The molecule has 0 atom stereocenters. The highest BCUT2D eigenvalue weighted by molar-refractivity contribution is 5.97. The van der Waals surface area contributed by atoms with Crippen molar-refractivity contribution in [1.29, 1.82) is 5.26 Å². The highest BCUT2D eigenvalue weighted by atomic mass is 16.2. The molecule has 7 nitrogen and oxygen atoms in total. The number of nitrogens with zero attached hydrogens (tertiary/aromatic N) is 4. The molecule has 25 heavy (non-hydrogen) atoms. The Hall–Kier alpha value is -2.07. The lowest BCUT2D eigenvalue weighted by Gasteiger charge is -2.35. The fraction of sp³-hybridized carbons (Fsp3) is 0.722. The van der Waals surface area contributed by atoms with E-state index in [1.165, 1.54) is 6.20 Å². The van der Waals surface area contributed by atoms with E-state index in [0.29, 0.717) is 13.0 Å². The molecular formula is C18H29N5O2. The first kappa shape index (κ1) is 19.3. The minimum Gasteiger partial charge on any atom is -0.390 e. The van der Waals surface area contributed by atoms with Crippen molar-refractivity contribution in [2.24, 2.45) is 0 Å². The molecule has 2 amide bonds. The molecule has 0 aromatic carbocycles. The van der Waals surface area contributed by atoms with Crippen molar-refractivity contribution in [2.45, 2.75) is 38.1 Å². The van der Waals surface area contributed by atoms with E-state index in [1.54, 1.807) is 11.9 Å². The van der Waals surface area contributed by atoms with Gasteiger partial charge in [-0.1, -0.05) is 0 Å². The van der Waals surface area contributed by atoms with Crippen LogP contribution >= 0.6 is 0 Å². The van der Waals surface area contributed by atoms with Crippen molar-refractivity contribution >= 4 is 11.8 Å². The van der Waals surface area contributed by atoms with E-state index in [0.717, 1.165) is 51.9 Å². The van der Waals surface area contributed by atoms with Crippen molar-refractivity contribution in [3.8, 4) is 6.07 Å². The number of piperidine rings is 1. The van der Waals surface area contributed by atoms with Gasteiger partial charge >= 0.3 is 0 Å². The van der Waals surface area contributed by atoms with Gasteiger partial charge in [-0.2, -0.15) is 5.26 Å². The van der Waals surface area contributed by atoms with Gasteiger partial charge in [-0.3, -0.25) is 9.59 Å². The number of likely N-dealkylation sites (tertiary alicyclic amines) is 2. The van der Waals surface area contributed by atoms with E-state index in [1.807, 2.05) is 11.0 Å². The molecule has 0 radical (unpaired) electrons. The smallest absolute Gasteiger partial charge is 0.265 e. The first-order chi connectivity index (χ1) is 12.0. The molecule has 0 aromatic heterocycles. The molecule has 0 spiro atoms. The summed E-state index contributed by atoms with van der Waals surface area (Å²) in [6, 6.07) is 2.20. The lowest BCUT2D eigenvalue weighted by molar-refractivity contribution is -0.128. The zero-order valence-corrected chi connectivity index (χ0v) is 15.3. The van der Waals surface area contributed by atoms with Gasteiger partial charge in [0.25, 0.3) is 5.91 Å². The number of hydrogen-bond donors (Lipinski definition) is 1. The molecule has 138 valence electrons. The third kappa shape index (κ3) is 5.46. The summed E-state index contributed by atoms with van der Waals surface area (Å²) in [7, 11) is 3.86. The first-order valence-electron chi connectivity index (χ1n) is 9.10. The van der Waals surface area contributed by atoms with Gasteiger partial charge in [-0.05, 0) is 45.8 Å². The summed E-state index contributed by atoms with van der Waals surface area (Å²) in [6.45, 7) is 4.16. The minimum atomic E-state index is -0.223. The summed E-state index contributed by atoms with van der Waals surface area (Å²) in [5, 5.41) is 12.3. The van der Waals surface area contributed by atoms with Crippen LogP contribution in [0.4, 0.5) is 0 Å². The van der Waals surface area contributed by atoms with Gasteiger partial charge in [0.15, 0.2) is 0 Å². The van der Waals surface area contributed by atoms with Gasteiger partial charge in [-0.25, -0.2) is 0 Å². The van der Waals surface area contributed by atoms with E-state index in [2.05, 4.69) is 17.3 Å². The summed E-state index contributed by atoms with van der Waals surface area (Å²) >= 11 is 0. The van der Waals surface area contributed by atoms with E-state index in [-0.39, 0.29) is 23.4 Å². The number of rotatable bonds is 7. The van der Waals surface area contributed by atoms with Crippen LogP contribution in [0, 0.1) is 11.3 Å². The maximum Gasteiger partial charge on any atom is 0.265 e. The third-order valence-corrected chi connectivity index (χ3v) is 5.07. The molecule has 0 aromatic rings. The number of likely N-dealkylation sites (N-methyl/N-ethyl adjacent to an activating group) is 1. The molecule has 0 bridgehead atoms. The van der Waals surface area contributed by atoms with Crippen molar-refractivity contribution < 1.29 is 9.59 Å². The average molecular weight is 347 g/mol. The summed E-state index contributed by atoms with van der Waals surface area (Å²) in [5.74, 6) is 0.00228. The molecule has 7 heteroatoms. The second-order valence-electron chi connectivity index (χ2n) is 6.91. The van der Waals surface area contributed by atoms with E-state index < -0.39 is 0 Å². The number of nitriles is 1. The largest absolute Gasteiger partial charge is 0.390 e. The number of hydrogen-bond acceptors (Lipinski definition) is 5. The summed E-state index contributed by atoms with van der Waals surface area (Å²) < 4.78 is 0. The minimum absolute atomic E-state index is 0.138. The molecule has 0 aliphatic carbocycles. The number of carbonyl (C=O) groups excluding carboxylic acids is 2. The molecule has 1 N–H and O–H groups in total. The Balaban J connectivity index is 1.75. The van der Waals surface area contributed by atoms with Crippen LogP contribution in [0.3, 0.4) is 0 Å². The summed E-state index contributed by atoms with van der Waals surface area (Å²) in [6.07, 6.45) is 5.80. The van der Waals surface area contributed by atoms with Gasteiger partial charge < -0.3 is 20.0 Å². The molecule has 2 aliphatic rings. The van der Waals surface area contributed by atoms with Crippen LogP contribution in [0.1, 0.15) is 32.1 Å². The predicted octanol–water partition coefficient (Wildman–Crippen LogP) is 0.549. The Bertz CT molecular complexity index is 546. The molecule has 2 heterocycles. The third-order valence-electron chi connectivity index (χ3n) is 5.07. The van der Waals surface area contributed by atoms with Gasteiger partial charge in [0.1, 0.15) is 11.6 Å². The zero-order valence-electron chi connectivity index (χ0n) is 15.3. The molecular weight excluding hydrogens is 318 g/mol. The summed E-state index contributed by atoms with van der Waals surface area (Å²) in [4.78, 5) is 29.8. The fourth-order valence-electron chi connectivity index (χ4n) is 3.37. The van der Waals surface area contributed by atoms with Crippen molar-refractivity contribution in [1.82, 2.24) is 20.0 Å². The van der Waals surface area contributed by atoms with Crippen LogP contribution in [0.25, 0.3) is 0 Å². The monoisotopic (exact) mass is 347 g/mol. The predicted molar refractivity (Wildman–Crippen MR) is 95.4 cm³/mol. The Morgan fingerprint density at radius 2 is 2.12 bits per heavy atom.